The van der Waals surface area contributed by atoms with E-state index in [9.17, 15) is 9.90 Å². The van der Waals surface area contributed by atoms with Crippen LogP contribution in [0.2, 0.25) is 5.02 Å². The fourth-order valence-corrected chi connectivity index (χ4v) is 2.76. The third-order valence-electron chi connectivity index (χ3n) is 3.69. The molecule has 0 aliphatic carbocycles. The molecule has 0 atom stereocenters. The number of hydrogen-bond acceptors (Lipinski definition) is 4. The van der Waals surface area contributed by atoms with Crippen LogP contribution in [-0.4, -0.2) is 24.3 Å². The van der Waals surface area contributed by atoms with Crippen LogP contribution in [0.1, 0.15) is 35.3 Å². The highest BCUT2D eigenvalue weighted by atomic mass is 35.5. The Morgan fingerprint density at radius 2 is 2.04 bits per heavy atom. The zero-order valence-electron chi connectivity index (χ0n) is 14.7. The number of rotatable bonds is 7. The van der Waals surface area contributed by atoms with Crippen molar-refractivity contribution < 1.29 is 19.4 Å². The number of aromatic carboxylic acids is 1. The number of benzene rings is 2. The maximum absolute atomic E-state index is 11.2. The Morgan fingerprint density at radius 1 is 1.32 bits per heavy atom. The van der Waals surface area contributed by atoms with Gasteiger partial charge >= 0.3 is 5.97 Å². The molecule has 25 heavy (non-hydrogen) atoms. The van der Waals surface area contributed by atoms with Gasteiger partial charge in [-0.25, -0.2) is 4.79 Å². The van der Waals surface area contributed by atoms with Gasteiger partial charge in [-0.05, 0) is 56.2 Å². The van der Waals surface area contributed by atoms with Crippen LogP contribution in [0.5, 0.6) is 11.5 Å². The summed E-state index contributed by atoms with van der Waals surface area (Å²) in [4.78, 5) is 11.2. The van der Waals surface area contributed by atoms with Gasteiger partial charge in [-0.1, -0.05) is 17.7 Å². The standard InChI is InChI=1S/C19H22ClNO4/c1-11(2)25-18-15(20)8-13(9-17(18)24-4)10-21-16-7-5-6-14(12(16)3)19(22)23/h5-9,11,21H,10H2,1-4H3,(H,22,23). The Hall–Kier alpha value is -2.40. The van der Waals surface area contributed by atoms with Crippen molar-refractivity contribution in [2.24, 2.45) is 0 Å². The Balaban J connectivity index is 2.23. The van der Waals surface area contributed by atoms with Crippen molar-refractivity contribution in [1.82, 2.24) is 0 Å². The van der Waals surface area contributed by atoms with E-state index < -0.39 is 5.97 Å². The van der Waals surface area contributed by atoms with Crippen LogP contribution in [0.15, 0.2) is 30.3 Å². The largest absolute Gasteiger partial charge is 0.493 e. The highest BCUT2D eigenvalue weighted by Gasteiger charge is 2.14. The molecule has 2 aromatic carbocycles. The monoisotopic (exact) mass is 363 g/mol. The Morgan fingerprint density at radius 3 is 2.64 bits per heavy atom. The molecular weight excluding hydrogens is 342 g/mol. The van der Waals surface area contributed by atoms with E-state index >= 15 is 0 Å². The average Bonchev–Trinajstić information content (AvgIpc) is 2.55. The number of halogens is 1. The van der Waals surface area contributed by atoms with Crippen LogP contribution < -0.4 is 14.8 Å². The van der Waals surface area contributed by atoms with Gasteiger partial charge in [0.2, 0.25) is 0 Å². The van der Waals surface area contributed by atoms with Gasteiger partial charge in [0.15, 0.2) is 11.5 Å². The molecule has 0 radical (unpaired) electrons. The van der Waals surface area contributed by atoms with Crippen LogP contribution in [0.4, 0.5) is 5.69 Å². The zero-order chi connectivity index (χ0) is 18.6. The summed E-state index contributed by atoms with van der Waals surface area (Å²) >= 11 is 6.33. The summed E-state index contributed by atoms with van der Waals surface area (Å²) in [7, 11) is 1.57. The van der Waals surface area contributed by atoms with Crippen LogP contribution in [0, 0.1) is 6.92 Å². The molecule has 0 saturated heterocycles. The second-order valence-electron chi connectivity index (χ2n) is 5.91. The number of nitrogens with one attached hydrogen (secondary N) is 1. The van der Waals surface area contributed by atoms with E-state index in [0.717, 1.165) is 11.3 Å². The zero-order valence-corrected chi connectivity index (χ0v) is 15.5. The molecule has 0 aromatic heterocycles. The van der Waals surface area contributed by atoms with Crippen LogP contribution in [0.25, 0.3) is 0 Å². The Kier molecular flexibility index (Phi) is 6.15. The molecule has 2 aromatic rings. The molecule has 0 fully saturated rings. The number of hydrogen-bond donors (Lipinski definition) is 2. The van der Waals surface area contributed by atoms with Gasteiger partial charge in [-0.2, -0.15) is 0 Å². The first kappa shape index (κ1) is 18.9. The van der Waals surface area contributed by atoms with Gasteiger partial charge in [0.25, 0.3) is 0 Å². The summed E-state index contributed by atoms with van der Waals surface area (Å²) in [5.74, 6) is 0.141. The van der Waals surface area contributed by atoms with Crippen molar-refractivity contribution >= 4 is 23.3 Å². The highest BCUT2D eigenvalue weighted by molar-refractivity contribution is 6.32. The summed E-state index contributed by atoms with van der Waals surface area (Å²) < 4.78 is 11.1. The third kappa shape index (κ3) is 4.57. The molecule has 5 nitrogen and oxygen atoms in total. The molecule has 0 saturated carbocycles. The fourth-order valence-electron chi connectivity index (χ4n) is 2.48. The number of methoxy groups -OCH3 is 1. The molecule has 2 N–H and O–H groups in total. The first-order valence-corrected chi connectivity index (χ1v) is 8.31. The van der Waals surface area contributed by atoms with E-state index in [1.807, 2.05) is 32.0 Å². The van der Waals surface area contributed by atoms with Crippen molar-refractivity contribution in [2.45, 2.75) is 33.4 Å². The number of ether oxygens (including phenoxy) is 2. The molecule has 0 unspecified atom stereocenters. The van der Waals surface area contributed by atoms with Gasteiger partial charge in [-0.3, -0.25) is 0 Å². The van der Waals surface area contributed by atoms with Gasteiger partial charge in [0.1, 0.15) is 0 Å². The lowest BCUT2D eigenvalue weighted by atomic mass is 10.1. The lowest BCUT2D eigenvalue weighted by Crippen LogP contribution is -2.09. The number of anilines is 1. The molecule has 0 bridgehead atoms. The van der Waals surface area contributed by atoms with Crippen molar-refractivity contribution in [3.63, 3.8) is 0 Å². The number of carboxylic acids is 1. The maximum Gasteiger partial charge on any atom is 0.336 e. The normalized spacial score (nSPS) is 10.6. The highest BCUT2D eigenvalue weighted by Crippen LogP contribution is 2.37. The summed E-state index contributed by atoms with van der Waals surface area (Å²) in [6.07, 6.45) is -0.0169. The van der Waals surface area contributed by atoms with E-state index in [1.165, 1.54) is 0 Å². The number of carboxylic acid groups (broad SMARTS) is 1. The first-order valence-electron chi connectivity index (χ1n) is 7.93. The minimum atomic E-state index is -0.943. The van der Waals surface area contributed by atoms with Crippen molar-refractivity contribution in [3.05, 3.63) is 52.0 Å². The van der Waals surface area contributed by atoms with E-state index in [1.54, 1.807) is 26.2 Å². The molecule has 0 spiro atoms. The predicted octanol–water partition coefficient (Wildman–Crippen LogP) is 4.75. The van der Waals surface area contributed by atoms with Gasteiger partial charge in [0, 0.05) is 12.2 Å². The molecule has 134 valence electrons. The van der Waals surface area contributed by atoms with Crippen molar-refractivity contribution in [1.29, 1.82) is 0 Å². The SMILES string of the molecule is COc1cc(CNc2cccc(C(=O)O)c2C)cc(Cl)c1OC(C)C. The lowest BCUT2D eigenvalue weighted by molar-refractivity contribution is 0.0696. The summed E-state index contributed by atoms with van der Waals surface area (Å²) in [5, 5.41) is 12.9. The second kappa shape index (κ2) is 8.12. The fraction of sp³-hybridized carbons (Fsp3) is 0.316. The minimum absolute atomic E-state index is 0.0169. The summed E-state index contributed by atoms with van der Waals surface area (Å²) in [6.45, 7) is 6.09. The maximum atomic E-state index is 11.2. The summed E-state index contributed by atoms with van der Waals surface area (Å²) in [6, 6.07) is 8.81. The first-order chi connectivity index (χ1) is 11.8. The quantitative estimate of drug-likeness (QED) is 0.742. The van der Waals surface area contributed by atoms with Crippen LogP contribution >= 0.6 is 11.6 Å². The van der Waals surface area contributed by atoms with E-state index in [-0.39, 0.29) is 11.7 Å². The van der Waals surface area contributed by atoms with Gasteiger partial charge in [0.05, 0.1) is 23.8 Å². The van der Waals surface area contributed by atoms with Crippen molar-refractivity contribution in [3.8, 4) is 11.5 Å². The van der Waals surface area contributed by atoms with Crippen LogP contribution in [-0.2, 0) is 6.54 Å². The predicted molar refractivity (Wildman–Crippen MR) is 99.2 cm³/mol. The van der Waals surface area contributed by atoms with Gasteiger partial charge in [-0.15, -0.1) is 0 Å². The Bertz CT molecular complexity index is 774. The molecule has 0 amide bonds. The van der Waals surface area contributed by atoms with Crippen molar-refractivity contribution in [2.75, 3.05) is 12.4 Å². The lowest BCUT2D eigenvalue weighted by Gasteiger charge is -2.17. The third-order valence-corrected chi connectivity index (χ3v) is 3.97. The van der Waals surface area contributed by atoms with E-state index in [2.05, 4.69) is 5.32 Å². The summed E-state index contributed by atoms with van der Waals surface area (Å²) in [5.41, 5.74) is 2.63. The molecule has 0 aliphatic heterocycles. The molecule has 0 aliphatic rings. The molecular formula is C19H22ClNO4. The topological polar surface area (TPSA) is 67.8 Å². The number of carbonyl (C=O) groups is 1. The van der Waals surface area contributed by atoms with Gasteiger partial charge < -0.3 is 19.9 Å². The Labute approximate surface area is 152 Å². The van der Waals surface area contributed by atoms with E-state index in [4.69, 9.17) is 21.1 Å². The molecule has 0 heterocycles. The van der Waals surface area contributed by atoms with Crippen LogP contribution in [0.3, 0.4) is 0 Å². The van der Waals surface area contributed by atoms with E-state index in [0.29, 0.717) is 28.6 Å². The molecule has 6 heteroatoms. The molecule has 2 rings (SSSR count). The second-order valence-corrected chi connectivity index (χ2v) is 6.32. The average molecular weight is 364 g/mol. The minimum Gasteiger partial charge on any atom is -0.493 e. The smallest absolute Gasteiger partial charge is 0.336 e.